The Kier molecular flexibility index (Phi) is 6.78. The number of aromatic nitrogens is 4. The van der Waals surface area contributed by atoms with Crippen molar-refractivity contribution >= 4 is 50.9 Å². The molecule has 7 nitrogen and oxygen atoms in total. The third kappa shape index (κ3) is 5.29. The monoisotopic (exact) mass is 537 g/mol. The maximum Gasteiger partial charge on any atom is 0.277 e. The van der Waals surface area contributed by atoms with E-state index in [0.29, 0.717) is 20.8 Å². The molecule has 0 unspecified atom stereocenters. The summed E-state index contributed by atoms with van der Waals surface area (Å²) < 4.78 is 23.2. The number of carbonyl (C=O) groups excluding carboxylic acids is 1. The van der Waals surface area contributed by atoms with Crippen molar-refractivity contribution in [2.45, 2.75) is 13.3 Å². The van der Waals surface area contributed by atoms with Gasteiger partial charge < -0.3 is 10.1 Å². The molecule has 2 aromatic carbocycles. The number of anilines is 1. The Balaban J connectivity index is 1.39. The van der Waals surface area contributed by atoms with Crippen LogP contribution in [0, 0.1) is 5.82 Å². The second kappa shape index (κ2) is 9.72. The third-order valence-electron chi connectivity index (χ3n) is 4.36. The molecule has 0 fully saturated rings. The lowest BCUT2D eigenvalue weighted by molar-refractivity contribution is 0.101. The van der Waals surface area contributed by atoms with Gasteiger partial charge in [0.15, 0.2) is 18.2 Å². The molecule has 2 aromatic heterocycles. The highest BCUT2D eigenvalue weighted by Gasteiger charge is 2.15. The molecule has 0 bridgehead atoms. The highest BCUT2D eigenvalue weighted by molar-refractivity contribution is 9.10. The summed E-state index contributed by atoms with van der Waals surface area (Å²) >= 11 is 15.5. The van der Waals surface area contributed by atoms with E-state index in [2.05, 4.69) is 31.4 Å². The van der Waals surface area contributed by atoms with Gasteiger partial charge in [0.2, 0.25) is 0 Å². The smallest absolute Gasteiger partial charge is 0.277 e. The molecule has 0 radical (unpaired) electrons. The molecule has 164 valence electrons. The minimum Gasteiger partial charge on any atom is -0.470 e. The summed E-state index contributed by atoms with van der Waals surface area (Å²) in [4.78, 5) is 12.5. The van der Waals surface area contributed by atoms with Crippen LogP contribution in [0.5, 0.6) is 5.75 Å². The Morgan fingerprint density at radius 2 is 1.94 bits per heavy atom. The molecule has 0 aliphatic heterocycles. The molecule has 32 heavy (non-hydrogen) atoms. The van der Waals surface area contributed by atoms with Crippen LogP contribution in [0.15, 0.2) is 65.4 Å². The van der Waals surface area contributed by atoms with Crippen molar-refractivity contribution in [1.82, 2.24) is 19.6 Å². The van der Waals surface area contributed by atoms with Crippen LogP contribution in [0.25, 0.3) is 0 Å². The first kappa shape index (κ1) is 22.3. The summed E-state index contributed by atoms with van der Waals surface area (Å²) in [5.41, 5.74) is 0.610. The van der Waals surface area contributed by atoms with Crippen LogP contribution in [0.2, 0.25) is 10.0 Å². The lowest BCUT2D eigenvalue weighted by atomic mass is 10.2. The lowest BCUT2D eigenvalue weighted by Crippen LogP contribution is -2.15. The van der Waals surface area contributed by atoms with Crippen molar-refractivity contribution in [2.75, 3.05) is 5.32 Å². The van der Waals surface area contributed by atoms with Gasteiger partial charge in [-0.05, 0) is 46.3 Å². The Morgan fingerprint density at radius 1 is 1.12 bits per heavy atom. The normalized spacial score (nSPS) is 10.9. The number of nitrogens with one attached hydrogen (secondary N) is 1. The third-order valence-corrected chi connectivity index (χ3v) is 5.49. The minimum absolute atomic E-state index is 0.0888. The zero-order valence-corrected chi connectivity index (χ0v) is 19.4. The topological polar surface area (TPSA) is 74.0 Å². The van der Waals surface area contributed by atoms with E-state index in [9.17, 15) is 9.18 Å². The van der Waals surface area contributed by atoms with Crippen molar-refractivity contribution in [1.29, 1.82) is 0 Å². The SMILES string of the molecule is O=C(Nc1nn(Cc2ccccc2F)cc1Cl)c1ccn(COc2ccc(Cl)cc2Br)n1. The molecule has 0 spiro atoms. The molecular formula is C21H15BrCl2FN5O2. The second-order valence-corrected chi connectivity index (χ2v) is 8.36. The van der Waals surface area contributed by atoms with Crippen LogP contribution < -0.4 is 10.1 Å². The average molecular weight is 539 g/mol. The van der Waals surface area contributed by atoms with Gasteiger partial charge in [0.1, 0.15) is 16.6 Å². The van der Waals surface area contributed by atoms with Crippen LogP contribution in [-0.2, 0) is 13.3 Å². The van der Waals surface area contributed by atoms with Crippen molar-refractivity contribution in [3.05, 3.63) is 92.5 Å². The fourth-order valence-corrected chi connectivity index (χ4v) is 3.81. The number of benzene rings is 2. The van der Waals surface area contributed by atoms with Gasteiger partial charge in [0.05, 0.1) is 11.0 Å². The van der Waals surface area contributed by atoms with E-state index in [1.807, 2.05) is 0 Å². The quantitative estimate of drug-likeness (QED) is 0.331. The molecule has 0 aliphatic carbocycles. The summed E-state index contributed by atoms with van der Waals surface area (Å²) in [5, 5.41) is 11.8. The zero-order chi connectivity index (χ0) is 22.7. The van der Waals surface area contributed by atoms with Gasteiger partial charge in [-0.25, -0.2) is 9.07 Å². The van der Waals surface area contributed by atoms with Crippen LogP contribution >= 0.6 is 39.1 Å². The highest BCUT2D eigenvalue weighted by atomic mass is 79.9. The van der Waals surface area contributed by atoms with E-state index in [-0.39, 0.29) is 35.6 Å². The number of nitrogens with zero attached hydrogens (tertiary/aromatic N) is 4. The molecule has 1 N–H and O–H groups in total. The standard InChI is InChI=1S/C21H15BrCl2FN5O2/c22-15-9-14(23)5-6-19(15)32-12-29-8-7-18(27-29)21(31)26-20-16(24)11-30(28-20)10-13-3-1-2-4-17(13)25/h1-9,11H,10,12H2,(H,26,28,31). The van der Waals surface area contributed by atoms with Gasteiger partial charge in [-0.2, -0.15) is 10.2 Å². The van der Waals surface area contributed by atoms with Crippen LogP contribution in [0.4, 0.5) is 10.2 Å². The van der Waals surface area contributed by atoms with Crippen molar-refractivity contribution in [3.63, 3.8) is 0 Å². The predicted molar refractivity (Wildman–Crippen MR) is 123 cm³/mol. The maximum absolute atomic E-state index is 13.9. The summed E-state index contributed by atoms with van der Waals surface area (Å²) in [7, 11) is 0. The van der Waals surface area contributed by atoms with E-state index in [0.717, 1.165) is 0 Å². The molecule has 4 rings (SSSR count). The molecule has 0 saturated carbocycles. The number of amides is 1. The van der Waals surface area contributed by atoms with Crippen molar-refractivity contribution in [3.8, 4) is 5.75 Å². The first-order chi connectivity index (χ1) is 15.4. The van der Waals surface area contributed by atoms with E-state index in [1.54, 1.807) is 48.7 Å². The lowest BCUT2D eigenvalue weighted by Gasteiger charge is -2.08. The highest BCUT2D eigenvalue weighted by Crippen LogP contribution is 2.28. The second-order valence-electron chi connectivity index (χ2n) is 6.66. The van der Waals surface area contributed by atoms with Crippen molar-refractivity contribution < 1.29 is 13.9 Å². The van der Waals surface area contributed by atoms with E-state index < -0.39 is 5.91 Å². The van der Waals surface area contributed by atoms with Gasteiger partial charge in [-0.1, -0.05) is 41.4 Å². The summed E-state index contributed by atoms with van der Waals surface area (Å²) in [6.45, 7) is 0.264. The van der Waals surface area contributed by atoms with Crippen LogP contribution in [-0.4, -0.2) is 25.5 Å². The number of halogens is 4. The number of rotatable bonds is 7. The van der Waals surface area contributed by atoms with Gasteiger partial charge in [-0.15, -0.1) is 0 Å². The largest absolute Gasteiger partial charge is 0.470 e. The number of hydrogen-bond donors (Lipinski definition) is 1. The molecule has 2 heterocycles. The first-order valence-electron chi connectivity index (χ1n) is 9.28. The Labute approximate surface area is 200 Å². The van der Waals surface area contributed by atoms with Crippen molar-refractivity contribution in [2.24, 2.45) is 0 Å². The molecule has 4 aromatic rings. The molecule has 11 heteroatoms. The van der Waals surface area contributed by atoms with E-state index in [4.69, 9.17) is 27.9 Å². The number of ether oxygens (including phenoxy) is 1. The van der Waals surface area contributed by atoms with Gasteiger partial charge in [0.25, 0.3) is 5.91 Å². The number of hydrogen-bond acceptors (Lipinski definition) is 4. The van der Waals surface area contributed by atoms with Gasteiger partial charge in [-0.3, -0.25) is 9.48 Å². The molecule has 0 atom stereocenters. The summed E-state index contributed by atoms with van der Waals surface area (Å²) in [6, 6.07) is 13.1. The summed E-state index contributed by atoms with van der Waals surface area (Å²) in [6.07, 6.45) is 3.12. The number of carbonyl (C=O) groups is 1. The fraction of sp³-hybridized carbons (Fsp3) is 0.0952. The fourth-order valence-electron chi connectivity index (χ4n) is 2.82. The molecule has 1 amide bonds. The summed E-state index contributed by atoms with van der Waals surface area (Å²) in [5.74, 6) is -0.0930. The van der Waals surface area contributed by atoms with Crippen LogP contribution in [0.3, 0.4) is 0 Å². The van der Waals surface area contributed by atoms with Gasteiger partial charge in [0, 0.05) is 23.0 Å². The van der Waals surface area contributed by atoms with Gasteiger partial charge >= 0.3 is 0 Å². The molecular weight excluding hydrogens is 524 g/mol. The predicted octanol–water partition coefficient (Wildman–Crippen LogP) is 5.63. The maximum atomic E-state index is 13.9. The average Bonchev–Trinajstić information content (AvgIpc) is 3.36. The molecule has 0 saturated heterocycles. The molecule has 0 aliphatic rings. The Morgan fingerprint density at radius 3 is 2.72 bits per heavy atom. The Bertz CT molecular complexity index is 1280. The zero-order valence-electron chi connectivity index (χ0n) is 16.3. The first-order valence-corrected chi connectivity index (χ1v) is 10.8. The van der Waals surface area contributed by atoms with E-state index in [1.165, 1.54) is 21.6 Å². The van der Waals surface area contributed by atoms with E-state index >= 15 is 0 Å². The van der Waals surface area contributed by atoms with Crippen LogP contribution in [0.1, 0.15) is 16.1 Å². The minimum atomic E-state index is -0.491. The Hall–Kier alpha value is -2.88.